The first-order valence-corrected chi connectivity index (χ1v) is 10.6. The summed E-state index contributed by atoms with van der Waals surface area (Å²) < 4.78 is 22.5. The Morgan fingerprint density at radius 1 is 1.03 bits per heavy atom. The number of aromatic nitrogens is 2. The second-order valence-corrected chi connectivity index (χ2v) is 8.08. The number of rotatable bonds is 5. The third kappa shape index (κ3) is 5.48. The number of hydrogen-bond acceptors (Lipinski definition) is 7. The van der Waals surface area contributed by atoms with E-state index in [4.69, 9.17) is 5.14 Å². The quantitative estimate of drug-likeness (QED) is 0.602. The number of hydrogen-bond donors (Lipinski definition) is 2. The van der Waals surface area contributed by atoms with Crippen LogP contribution in [0.4, 0.5) is 5.95 Å². The minimum absolute atomic E-state index is 0.0282. The largest absolute Gasteiger partial charge is 0.347 e. The maximum absolute atomic E-state index is 12.3. The summed E-state index contributed by atoms with van der Waals surface area (Å²) in [5.74, 6) is -0.615. The van der Waals surface area contributed by atoms with Gasteiger partial charge in [-0.1, -0.05) is 12.1 Å². The van der Waals surface area contributed by atoms with Gasteiger partial charge in [0, 0.05) is 45.1 Å². The van der Waals surface area contributed by atoms with Crippen LogP contribution in [0.1, 0.15) is 5.56 Å². The number of primary sulfonamides is 1. The zero-order valence-electron chi connectivity index (χ0n) is 15.7. The second kappa shape index (κ2) is 8.97. The number of nitrogens with two attached hydrogens (primary N) is 1. The lowest BCUT2D eigenvalue weighted by Gasteiger charge is -2.34. The number of benzene rings is 1. The summed E-state index contributed by atoms with van der Waals surface area (Å²) in [6, 6.07) is 7.81. The molecule has 1 saturated heterocycles. The summed E-state index contributed by atoms with van der Waals surface area (Å²) in [5, 5.41) is 7.66. The molecule has 29 heavy (non-hydrogen) atoms. The molecule has 1 aromatic carbocycles. The Morgan fingerprint density at radius 2 is 1.66 bits per heavy atom. The van der Waals surface area contributed by atoms with E-state index in [0.29, 0.717) is 38.5 Å². The van der Waals surface area contributed by atoms with Crippen LogP contribution in [0.3, 0.4) is 0 Å². The van der Waals surface area contributed by atoms with Gasteiger partial charge in [-0.3, -0.25) is 9.59 Å². The Hall–Kier alpha value is -3.05. The van der Waals surface area contributed by atoms with Gasteiger partial charge in [0.2, 0.25) is 16.0 Å². The molecule has 0 bridgehead atoms. The third-order valence-corrected chi connectivity index (χ3v) is 5.48. The molecule has 2 heterocycles. The van der Waals surface area contributed by atoms with Crippen molar-refractivity contribution >= 4 is 27.8 Å². The van der Waals surface area contributed by atoms with Crippen LogP contribution in [0, 0.1) is 0 Å². The molecular weight excluding hydrogens is 396 g/mol. The average Bonchev–Trinajstić information content (AvgIpc) is 2.73. The number of nitrogens with zero attached hydrogens (tertiary/aromatic N) is 4. The van der Waals surface area contributed by atoms with Crippen LogP contribution in [-0.4, -0.2) is 67.8 Å². The average molecular weight is 418 g/mol. The molecule has 154 valence electrons. The summed E-state index contributed by atoms with van der Waals surface area (Å²) in [6.07, 6.45) is 3.79. The van der Waals surface area contributed by atoms with Crippen molar-refractivity contribution in [1.82, 2.24) is 20.2 Å². The lowest BCUT2D eigenvalue weighted by atomic mass is 10.1. The molecule has 10 nitrogen and oxygen atoms in total. The van der Waals surface area contributed by atoms with E-state index in [0.717, 1.165) is 5.56 Å². The third-order valence-electron chi connectivity index (χ3n) is 4.55. The predicted octanol–water partition coefficient (Wildman–Crippen LogP) is -0.868. The lowest BCUT2D eigenvalue weighted by Crippen LogP contribution is -2.53. The lowest BCUT2D eigenvalue weighted by molar-refractivity contribution is -0.146. The zero-order valence-corrected chi connectivity index (χ0v) is 16.5. The molecule has 0 spiro atoms. The van der Waals surface area contributed by atoms with Crippen LogP contribution in [0.5, 0.6) is 0 Å². The number of carbonyl (C=O) groups excluding carboxylic acids is 2. The molecule has 1 aliphatic heterocycles. The van der Waals surface area contributed by atoms with Gasteiger partial charge in [0.05, 0.1) is 4.90 Å². The van der Waals surface area contributed by atoms with E-state index >= 15 is 0 Å². The topological polar surface area (TPSA) is 139 Å². The van der Waals surface area contributed by atoms with Gasteiger partial charge in [0.1, 0.15) is 0 Å². The molecule has 2 amide bonds. The first-order valence-electron chi connectivity index (χ1n) is 9.05. The fraction of sp³-hybridized carbons (Fsp3) is 0.333. The van der Waals surface area contributed by atoms with E-state index < -0.39 is 21.8 Å². The number of amides is 2. The van der Waals surface area contributed by atoms with E-state index in [1.165, 1.54) is 17.0 Å². The summed E-state index contributed by atoms with van der Waals surface area (Å²) in [6.45, 7) is 2.20. The maximum Gasteiger partial charge on any atom is 0.312 e. The molecular formula is C18H22N6O4S. The predicted molar refractivity (Wildman–Crippen MR) is 105 cm³/mol. The first-order chi connectivity index (χ1) is 13.8. The van der Waals surface area contributed by atoms with Gasteiger partial charge in [-0.15, -0.1) is 0 Å². The summed E-state index contributed by atoms with van der Waals surface area (Å²) in [7, 11) is -3.73. The van der Waals surface area contributed by atoms with Gasteiger partial charge < -0.3 is 15.1 Å². The normalized spacial score (nSPS) is 14.5. The van der Waals surface area contributed by atoms with Crippen LogP contribution in [0.2, 0.25) is 0 Å². The van der Waals surface area contributed by atoms with Crippen molar-refractivity contribution in [3.05, 3.63) is 48.3 Å². The maximum atomic E-state index is 12.3. The van der Waals surface area contributed by atoms with Crippen LogP contribution in [0.15, 0.2) is 47.6 Å². The molecule has 1 fully saturated rings. The van der Waals surface area contributed by atoms with Crippen LogP contribution in [-0.2, 0) is 26.0 Å². The minimum Gasteiger partial charge on any atom is -0.347 e. The molecule has 0 atom stereocenters. The number of piperazine rings is 1. The molecule has 1 aromatic heterocycles. The van der Waals surface area contributed by atoms with Gasteiger partial charge in [0.25, 0.3) is 0 Å². The first kappa shape index (κ1) is 20.7. The SMILES string of the molecule is NS(=O)(=O)c1ccc(CCNC(=O)C(=O)N2CCN(c3ncccn3)CC2)cc1. The van der Waals surface area contributed by atoms with Crippen molar-refractivity contribution in [1.29, 1.82) is 0 Å². The molecule has 0 unspecified atom stereocenters. The monoisotopic (exact) mass is 418 g/mol. The van der Waals surface area contributed by atoms with E-state index in [9.17, 15) is 18.0 Å². The van der Waals surface area contributed by atoms with Crippen LogP contribution in [0.25, 0.3) is 0 Å². The molecule has 0 aliphatic carbocycles. The van der Waals surface area contributed by atoms with Gasteiger partial charge in [0.15, 0.2) is 0 Å². The van der Waals surface area contributed by atoms with Gasteiger partial charge in [-0.25, -0.2) is 23.5 Å². The van der Waals surface area contributed by atoms with E-state index in [-0.39, 0.29) is 11.4 Å². The Balaban J connectivity index is 1.43. The van der Waals surface area contributed by atoms with Crippen LogP contribution >= 0.6 is 0 Å². The van der Waals surface area contributed by atoms with E-state index in [1.54, 1.807) is 30.6 Å². The Bertz CT molecular complexity index is 958. The summed E-state index contributed by atoms with van der Waals surface area (Å²) >= 11 is 0. The highest BCUT2D eigenvalue weighted by molar-refractivity contribution is 7.89. The van der Waals surface area contributed by atoms with Crippen molar-refractivity contribution in [2.45, 2.75) is 11.3 Å². The fourth-order valence-electron chi connectivity index (χ4n) is 2.95. The van der Waals surface area contributed by atoms with Crippen molar-refractivity contribution in [3.8, 4) is 0 Å². The van der Waals surface area contributed by atoms with Crippen molar-refractivity contribution in [2.24, 2.45) is 5.14 Å². The molecule has 2 aromatic rings. The molecule has 1 aliphatic rings. The van der Waals surface area contributed by atoms with E-state index in [1.807, 2.05) is 4.90 Å². The molecule has 0 radical (unpaired) electrons. The smallest absolute Gasteiger partial charge is 0.312 e. The molecule has 0 saturated carbocycles. The second-order valence-electron chi connectivity index (χ2n) is 6.52. The standard InChI is InChI=1S/C18H22N6O4S/c19-29(27,28)15-4-2-14(3-5-15)6-9-20-16(25)17(26)23-10-12-24(13-11-23)18-21-7-1-8-22-18/h1-5,7-8H,6,9-13H2,(H,20,25)(H2,19,27,28). The molecule has 11 heteroatoms. The molecule has 3 rings (SSSR count). The number of carbonyl (C=O) groups is 2. The zero-order chi connectivity index (χ0) is 20.9. The van der Waals surface area contributed by atoms with Crippen molar-refractivity contribution < 1.29 is 18.0 Å². The number of nitrogens with one attached hydrogen (secondary N) is 1. The Kier molecular flexibility index (Phi) is 6.39. The summed E-state index contributed by atoms with van der Waals surface area (Å²) in [4.78, 5) is 36.3. The highest BCUT2D eigenvalue weighted by Gasteiger charge is 2.26. The van der Waals surface area contributed by atoms with Crippen molar-refractivity contribution in [2.75, 3.05) is 37.6 Å². The van der Waals surface area contributed by atoms with Gasteiger partial charge >= 0.3 is 11.8 Å². The minimum atomic E-state index is -3.73. The van der Waals surface area contributed by atoms with Crippen molar-refractivity contribution in [3.63, 3.8) is 0 Å². The fourth-order valence-corrected chi connectivity index (χ4v) is 3.46. The van der Waals surface area contributed by atoms with Gasteiger partial charge in [-0.05, 0) is 30.2 Å². The number of sulfonamides is 1. The van der Waals surface area contributed by atoms with Gasteiger partial charge in [-0.2, -0.15) is 0 Å². The molecule has 3 N–H and O–H groups in total. The highest BCUT2D eigenvalue weighted by atomic mass is 32.2. The number of anilines is 1. The highest BCUT2D eigenvalue weighted by Crippen LogP contribution is 2.10. The Morgan fingerprint density at radius 3 is 2.24 bits per heavy atom. The van der Waals surface area contributed by atoms with E-state index in [2.05, 4.69) is 15.3 Å². The Labute approximate surface area is 168 Å². The summed E-state index contributed by atoms with van der Waals surface area (Å²) in [5.41, 5.74) is 0.821. The van der Waals surface area contributed by atoms with Crippen LogP contribution < -0.4 is 15.4 Å².